The third-order valence-electron chi connectivity index (χ3n) is 5.82. The van der Waals surface area contributed by atoms with Gasteiger partial charge in [0.15, 0.2) is 0 Å². The summed E-state index contributed by atoms with van der Waals surface area (Å²) in [5.41, 5.74) is -1.08. The molecule has 2 fully saturated rings. The predicted octanol–water partition coefficient (Wildman–Crippen LogP) is 3.23. The molecule has 0 unspecified atom stereocenters. The number of carbonyl (C=O) groups excluding carboxylic acids is 1. The normalized spacial score (nSPS) is 21.5. The topological polar surface area (TPSA) is 125 Å². The van der Waals surface area contributed by atoms with Crippen molar-refractivity contribution < 1.29 is 34.1 Å². The van der Waals surface area contributed by atoms with Crippen LogP contribution in [-0.2, 0) is 4.74 Å². The standard InChI is InChI=1S/C23H32N2O7/c1-23(2,3)32-22(30)25-9-7-14(8-10-25)13-24-15-11-16(12-15)31-18-6-4-5-17(20(26)27)19(18)21(28)29/h4-6,14-16,24H,7-13H2,1-3H3,(H,26,27)(H,28,29). The Morgan fingerprint density at radius 3 is 2.31 bits per heavy atom. The van der Waals surface area contributed by atoms with Crippen LogP contribution >= 0.6 is 0 Å². The van der Waals surface area contributed by atoms with Crippen molar-refractivity contribution in [2.24, 2.45) is 5.92 Å². The Labute approximate surface area is 187 Å². The summed E-state index contributed by atoms with van der Waals surface area (Å²) < 4.78 is 11.2. The summed E-state index contributed by atoms with van der Waals surface area (Å²) in [6.45, 7) is 7.83. The number of benzene rings is 1. The fraction of sp³-hybridized carbons (Fsp3) is 0.609. The summed E-state index contributed by atoms with van der Waals surface area (Å²) in [4.78, 5) is 36.7. The Hall–Kier alpha value is -2.81. The number of carboxylic acids is 2. The third-order valence-corrected chi connectivity index (χ3v) is 5.82. The molecule has 0 bridgehead atoms. The first-order chi connectivity index (χ1) is 15.0. The predicted molar refractivity (Wildman–Crippen MR) is 116 cm³/mol. The van der Waals surface area contributed by atoms with Gasteiger partial charge in [0.05, 0.1) is 5.56 Å². The second kappa shape index (κ2) is 9.77. The monoisotopic (exact) mass is 448 g/mol. The van der Waals surface area contributed by atoms with E-state index in [-0.39, 0.29) is 35.1 Å². The number of ether oxygens (including phenoxy) is 2. The molecular formula is C23H32N2O7. The Morgan fingerprint density at radius 2 is 1.75 bits per heavy atom. The van der Waals surface area contributed by atoms with Crippen LogP contribution in [0.25, 0.3) is 0 Å². The Morgan fingerprint density at radius 1 is 1.09 bits per heavy atom. The van der Waals surface area contributed by atoms with E-state index in [1.54, 1.807) is 4.90 Å². The fourth-order valence-electron chi connectivity index (χ4n) is 4.02. The molecule has 9 heteroatoms. The molecule has 0 atom stereocenters. The highest BCUT2D eigenvalue weighted by molar-refractivity contribution is 6.03. The molecule has 2 aliphatic rings. The number of piperidine rings is 1. The molecule has 1 aliphatic carbocycles. The number of amides is 1. The summed E-state index contributed by atoms with van der Waals surface area (Å²) in [5.74, 6) is -2.03. The molecule has 1 saturated carbocycles. The molecule has 0 aromatic heterocycles. The van der Waals surface area contributed by atoms with Crippen LogP contribution in [0.1, 0.15) is 67.2 Å². The van der Waals surface area contributed by atoms with Crippen LogP contribution in [0.3, 0.4) is 0 Å². The summed E-state index contributed by atoms with van der Waals surface area (Å²) in [6, 6.07) is 4.52. The minimum Gasteiger partial charge on any atom is -0.489 e. The van der Waals surface area contributed by atoms with Crippen LogP contribution in [0.15, 0.2) is 18.2 Å². The number of hydrogen-bond acceptors (Lipinski definition) is 6. The van der Waals surface area contributed by atoms with Crippen molar-refractivity contribution in [3.63, 3.8) is 0 Å². The highest BCUT2D eigenvalue weighted by atomic mass is 16.6. The van der Waals surface area contributed by atoms with Crippen molar-refractivity contribution in [3.05, 3.63) is 29.3 Å². The second-order valence-corrected chi connectivity index (χ2v) is 9.52. The zero-order chi connectivity index (χ0) is 23.5. The van der Waals surface area contributed by atoms with Gasteiger partial charge in [-0.1, -0.05) is 6.07 Å². The van der Waals surface area contributed by atoms with Gasteiger partial charge in [0.25, 0.3) is 0 Å². The third kappa shape index (κ3) is 6.12. The van der Waals surface area contributed by atoms with Crippen LogP contribution in [0.5, 0.6) is 5.75 Å². The molecule has 1 amide bonds. The van der Waals surface area contributed by atoms with Gasteiger partial charge in [-0.2, -0.15) is 0 Å². The molecule has 3 N–H and O–H groups in total. The summed E-state index contributed by atoms with van der Waals surface area (Å²) in [7, 11) is 0. The molecule has 1 heterocycles. The van der Waals surface area contributed by atoms with E-state index in [0.717, 1.165) is 32.2 Å². The highest BCUT2D eigenvalue weighted by Crippen LogP contribution is 2.30. The van der Waals surface area contributed by atoms with E-state index < -0.39 is 17.5 Å². The summed E-state index contributed by atoms with van der Waals surface area (Å²) >= 11 is 0. The molecule has 176 valence electrons. The molecule has 1 saturated heterocycles. The van der Waals surface area contributed by atoms with Crippen molar-refractivity contribution >= 4 is 18.0 Å². The quantitative estimate of drug-likeness (QED) is 0.581. The molecule has 32 heavy (non-hydrogen) atoms. The lowest BCUT2D eigenvalue weighted by atomic mass is 9.88. The number of rotatable bonds is 7. The van der Waals surface area contributed by atoms with Crippen molar-refractivity contribution in [1.82, 2.24) is 10.2 Å². The van der Waals surface area contributed by atoms with E-state index in [1.165, 1.54) is 18.2 Å². The van der Waals surface area contributed by atoms with E-state index >= 15 is 0 Å². The molecule has 0 radical (unpaired) electrons. The average Bonchev–Trinajstić information content (AvgIpc) is 2.68. The number of nitrogens with zero attached hydrogens (tertiary/aromatic N) is 1. The van der Waals surface area contributed by atoms with E-state index in [1.807, 2.05) is 20.8 Å². The first kappa shape index (κ1) is 23.8. The lowest BCUT2D eigenvalue weighted by molar-refractivity contribution is 0.0177. The van der Waals surface area contributed by atoms with Crippen LogP contribution in [0.4, 0.5) is 4.79 Å². The average molecular weight is 449 g/mol. The second-order valence-electron chi connectivity index (χ2n) is 9.52. The Balaban J connectivity index is 1.40. The summed E-state index contributed by atoms with van der Waals surface area (Å²) in [6.07, 6.45) is 2.89. The molecular weight excluding hydrogens is 416 g/mol. The van der Waals surface area contributed by atoms with Gasteiger partial charge >= 0.3 is 18.0 Å². The number of aromatic carboxylic acids is 2. The lowest BCUT2D eigenvalue weighted by Crippen LogP contribution is -2.49. The van der Waals surface area contributed by atoms with Gasteiger partial charge in [-0.05, 0) is 71.0 Å². The van der Waals surface area contributed by atoms with E-state index in [2.05, 4.69) is 5.32 Å². The minimum absolute atomic E-state index is 0.0929. The van der Waals surface area contributed by atoms with Crippen LogP contribution < -0.4 is 10.1 Å². The largest absolute Gasteiger partial charge is 0.489 e. The first-order valence-corrected chi connectivity index (χ1v) is 11.0. The van der Waals surface area contributed by atoms with Gasteiger partial charge in [-0.15, -0.1) is 0 Å². The molecule has 0 spiro atoms. The Kier molecular flexibility index (Phi) is 7.28. The van der Waals surface area contributed by atoms with Crippen molar-refractivity contribution in [2.45, 2.75) is 64.2 Å². The van der Waals surface area contributed by atoms with Gasteiger partial charge in [-0.3, -0.25) is 0 Å². The maximum absolute atomic E-state index is 12.2. The maximum Gasteiger partial charge on any atom is 0.410 e. The first-order valence-electron chi connectivity index (χ1n) is 11.0. The molecule has 3 rings (SSSR count). The number of nitrogens with one attached hydrogen (secondary N) is 1. The maximum atomic E-state index is 12.2. The van der Waals surface area contributed by atoms with Crippen molar-refractivity contribution in [1.29, 1.82) is 0 Å². The Bertz CT molecular complexity index is 850. The van der Waals surface area contributed by atoms with Gasteiger partial charge in [0.1, 0.15) is 23.0 Å². The van der Waals surface area contributed by atoms with Crippen LogP contribution in [0.2, 0.25) is 0 Å². The number of carboxylic acid groups (broad SMARTS) is 2. The lowest BCUT2D eigenvalue weighted by Gasteiger charge is -2.38. The summed E-state index contributed by atoms with van der Waals surface area (Å²) in [5, 5.41) is 22.1. The molecule has 9 nitrogen and oxygen atoms in total. The van der Waals surface area contributed by atoms with E-state index in [4.69, 9.17) is 9.47 Å². The van der Waals surface area contributed by atoms with Crippen LogP contribution in [0, 0.1) is 5.92 Å². The van der Waals surface area contributed by atoms with E-state index in [9.17, 15) is 24.6 Å². The van der Waals surface area contributed by atoms with Gasteiger partial charge in [-0.25, -0.2) is 14.4 Å². The molecule has 1 aromatic carbocycles. The molecule has 1 aromatic rings. The smallest absolute Gasteiger partial charge is 0.410 e. The number of hydrogen-bond donors (Lipinski definition) is 3. The minimum atomic E-state index is -1.32. The zero-order valence-corrected chi connectivity index (χ0v) is 18.8. The van der Waals surface area contributed by atoms with Gasteiger partial charge < -0.3 is 29.9 Å². The molecule has 1 aliphatic heterocycles. The SMILES string of the molecule is CC(C)(C)OC(=O)N1CCC(CNC2CC(Oc3cccc(C(=O)O)c3C(=O)O)C2)CC1. The highest BCUT2D eigenvalue weighted by Gasteiger charge is 2.33. The van der Waals surface area contributed by atoms with Crippen LogP contribution in [-0.4, -0.2) is 70.5 Å². The van der Waals surface area contributed by atoms with Gasteiger partial charge in [0, 0.05) is 19.1 Å². The van der Waals surface area contributed by atoms with Crippen molar-refractivity contribution in [3.8, 4) is 5.75 Å². The fourth-order valence-corrected chi connectivity index (χ4v) is 4.02. The number of carbonyl (C=O) groups is 3. The van der Waals surface area contributed by atoms with Crippen molar-refractivity contribution in [2.75, 3.05) is 19.6 Å². The van der Waals surface area contributed by atoms with Gasteiger partial charge in [0.2, 0.25) is 0 Å². The number of likely N-dealkylation sites (tertiary alicyclic amines) is 1. The van der Waals surface area contributed by atoms with E-state index in [0.29, 0.717) is 19.0 Å². The zero-order valence-electron chi connectivity index (χ0n) is 18.8.